The van der Waals surface area contributed by atoms with Gasteiger partial charge >= 0.3 is 0 Å². The average molecular weight is 276 g/mol. The van der Waals surface area contributed by atoms with Crippen LogP contribution in [0.1, 0.15) is 40.2 Å². The first-order valence-corrected chi connectivity index (χ1v) is 6.73. The monoisotopic (exact) mass is 275 g/mol. The third-order valence-electron chi connectivity index (χ3n) is 3.51. The molecule has 0 saturated heterocycles. The molecule has 2 aromatic rings. The molecule has 1 aliphatic rings. The van der Waals surface area contributed by atoms with E-state index in [0.717, 1.165) is 34.8 Å². The number of aromatic nitrogens is 3. The number of fused-ring (bicyclic) bond motifs is 1. The van der Waals surface area contributed by atoms with Crippen molar-refractivity contribution < 1.29 is 4.79 Å². The molecule has 98 valence electrons. The molecule has 0 saturated carbocycles. The Morgan fingerprint density at radius 2 is 2.26 bits per heavy atom. The van der Waals surface area contributed by atoms with Gasteiger partial charge in [0, 0.05) is 24.4 Å². The molecule has 0 bridgehead atoms. The first-order chi connectivity index (χ1) is 9.15. The predicted molar refractivity (Wildman–Crippen MR) is 72.6 cm³/mol. The number of hydrogen-bond donors (Lipinski definition) is 0. The summed E-state index contributed by atoms with van der Waals surface area (Å²) >= 11 is 5.95. The van der Waals surface area contributed by atoms with Gasteiger partial charge in [-0.1, -0.05) is 22.9 Å². The van der Waals surface area contributed by atoms with Gasteiger partial charge < -0.3 is 0 Å². The minimum absolute atomic E-state index is 0.151. The zero-order chi connectivity index (χ0) is 13.4. The van der Waals surface area contributed by atoms with Crippen LogP contribution in [0.15, 0.2) is 18.2 Å². The molecule has 1 aliphatic heterocycles. The molecule has 3 rings (SSSR count). The van der Waals surface area contributed by atoms with E-state index in [0.29, 0.717) is 18.5 Å². The number of carbonyl (C=O) groups is 1. The molecule has 0 N–H and O–H groups in total. The summed E-state index contributed by atoms with van der Waals surface area (Å²) in [6.07, 6.45) is 2.08. The lowest BCUT2D eigenvalue weighted by Gasteiger charge is -2.12. The van der Waals surface area contributed by atoms with Crippen LogP contribution in [0.5, 0.6) is 0 Å². The van der Waals surface area contributed by atoms with E-state index in [9.17, 15) is 4.79 Å². The molecule has 0 radical (unpaired) electrons. The standard InChI is InChI=1S/C14H14ClN3O/c1-9-7-11(15)5-4-10(9)8-12-14-13(19)3-2-6-18(14)17-16-12/h4-5,7H,2-3,6,8H2,1H3. The Balaban J connectivity index is 1.96. The Morgan fingerprint density at radius 3 is 3.05 bits per heavy atom. The second-order valence-electron chi connectivity index (χ2n) is 4.88. The molecule has 5 heteroatoms. The van der Waals surface area contributed by atoms with E-state index in [2.05, 4.69) is 10.3 Å². The summed E-state index contributed by atoms with van der Waals surface area (Å²) in [4.78, 5) is 12.0. The molecule has 4 nitrogen and oxygen atoms in total. The average Bonchev–Trinajstić information content (AvgIpc) is 2.77. The number of carbonyl (C=O) groups excluding carboxylic acids is 1. The topological polar surface area (TPSA) is 47.8 Å². The highest BCUT2D eigenvalue weighted by Gasteiger charge is 2.23. The maximum Gasteiger partial charge on any atom is 0.182 e. The number of nitrogens with zero attached hydrogens (tertiary/aromatic N) is 3. The van der Waals surface area contributed by atoms with Gasteiger partial charge in [-0.2, -0.15) is 0 Å². The van der Waals surface area contributed by atoms with Crippen molar-refractivity contribution in [3.63, 3.8) is 0 Å². The van der Waals surface area contributed by atoms with Crippen LogP contribution in [0.2, 0.25) is 5.02 Å². The number of halogens is 1. The Bertz CT molecular complexity index is 648. The van der Waals surface area contributed by atoms with Crippen LogP contribution < -0.4 is 0 Å². The zero-order valence-corrected chi connectivity index (χ0v) is 11.4. The minimum Gasteiger partial charge on any atom is -0.292 e. The predicted octanol–water partition coefficient (Wildman–Crippen LogP) is 2.81. The first kappa shape index (κ1) is 12.4. The highest BCUT2D eigenvalue weighted by Crippen LogP contribution is 2.22. The van der Waals surface area contributed by atoms with E-state index in [1.807, 2.05) is 25.1 Å². The number of Topliss-reactive ketones (excluding diaryl/α,β-unsaturated/α-hetero) is 1. The summed E-state index contributed by atoms with van der Waals surface area (Å²) in [7, 11) is 0. The fourth-order valence-electron chi connectivity index (χ4n) is 2.48. The SMILES string of the molecule is Cc1cc(Cl)ccc1Cc1nnn2c1C(=O)CCC2. The normalized spacial score (nSPS) is 14.5. The van der Waals surface area contributed by atoms with Crippen molar-refractivity contribution in [2.45, 2.75) is 32.7 Å². The van der Waals surface area contributed by atoms with Gasteiger partial charge in [0.2, 0.25) is 0 Å². The summed E-state index contributed by atoms with van der Waals surface area (Å²) in [6, 6.07) is 5.77. The molecule has 0 fully saturated rings. The molecule has 0 spiro atoms. The largest absolute Gasteiger partial charge is 0.292 e. The van der Waals surface area contributed by atoms with E-state index < -0.39 is 0 Å². The molecule has 0 aliphatic carbocycles. The fourth-order valence-corrected chi connectivity index (χ4v) is 2.70. The van der Waals surface area contributed by atoms with Gasteiger partial charge in [-0.25, -0.2) is 4.68 Å². The second kappa shape index (κ2) is 4.78. The molecule has 0 amide bonds. The van der Waals surface area contributed by atoms with Crippen molar-refractivity contribution in [2.75, 3.05) is 0 Å². The molecule has 1 aromatic heterocycles. The first-order valence-electron chi connectivity index (χ1n) is 6.36. The Hall–Kier alpha value is -1.68. The van der Waals surface area contributed by atoms with E-state index in [-0.39, 0.29) is 5.78 Å². The van der Waals surface area contributed by atoms with Gasteiger partial charge in [0.25, 0.3) is 0 Å². The maximum atomic E-state index is 12.0. The fraction of sp³-hybridized carbons (Fsp3) is 0.357. The van der Waals surface area contributed by atoms with Crippen LogP contribution in [0.25, 0.3) is 0 Å². The zero-order valence-electron chi connectivity index (χ0n) is 10.7. The van der Waals surface area contributed by atoms with Gasteiger partial charge in [0.05, 0.1) is 5.69 Å². The quantitative estimate of drug-likeness (QED) is 0.847. The number of hydrogen-bond acceptors (Lipinski definition) is 3. The lowest BCUT2D eigenvalue weighted by atomic mass is 10.00. The van der Waals surface area contributed by atoms with Crippen molar-refractivity contribution in [3.8, 4) is 0 Å². The molecule has 2 heterocycles. The number of benzene rings is 1. The number of rotatable bonds is 2. The summed E-state index contributed by atoms with van der Waals surface area (Å²) in [5, 5.41) is 8.96. The van der Waals surface area contributed by atoms with Crippen LogP contribution >= 0.6 is 11.6 Å². The van der Waals surface area contributed by atoms with Gasteiger partial charge in [0.15, 0.2) is 5.78 Å². The smallest absolute Gasteiger partial charge is 0.182 e. The van der Waals surface area contributed by atoms with Crippen LogP contribution in [0.3, 0.4) is 0 Å². The van der Waals surface area contributed by atoms with Crippen molar-refractivity contribution >= 4 is 17.4 Å². The molecule has 0 atom stereocenters. The molecule has 1 aromatic carbocycles. The third-order valence-corrected chi connectivity index (χ3v) is 3.74. The van der Waals surface area contributed by atoms with E-state index in [1.54, 1.807) is 4.68 Å². The van der Waals surface area contributed by atoms with Gasteiger partial charge in [0.1, 0.15) is 5.69 Å². The Morgan fingerprint density at radius 1 is 1.42 bits per heavy atom. The Kier molecular flexibility index (Phi) is 3.11. The van der Waals surface area contributed by atoms with Crippen molar-refractivity contribution in [1.82, 2.24) is 15.0 Å². The highest BCUT2D eigenvalue weighted by molar-refractivity contribution is 6.30. The highest BCUT2D eigenvalue weighted by atomic mass is 35.5. The van der Waals surface area contributed by atoms with E-state index >= 15 is 0 Å². The van der Waals surface area contributed by atoms with Gasteiger partial charge in [-0.3, -0.25) is 4.79 Å². The summed E-state index contributed by atoms with van der Waals surface area (Å²) in [5.41, 5.74) is 3.69. The van der Waals surface area contributed by atoms with E-state index in [1.165, 1.54) is 0 Å². The van der Waals surface area contributed by atoms with E-state index in [4.69, 9.17) is 11.6 Å². The summed E-state index contributed by atoms with van der Waals surface area (Å²) in [6.45, 7) is 2.80. The van der Waals surface area contributed by atoms with Crippen molar-refractivity contribution in [3.05, 3.63) is 45.7 Å². The number of ketones is 1. The number of aryl methyl sites for hydroxylation is 2. The third kappa shape index (κ3) is 2.28. The minimum atomic E-state index is 0.151. The van der Waals surface area contributed by atoms with Crippen molar-refractivity contribution in [1.29, 1.82) is 0 Å². The second-order valence-corrected chi connectivity index (χ2v) is 5.32. The van der Waals surface area contributed by atoms with Crippen LogP contribution in [-0.2, 0) is 13.0 Å². The van der Waals surface area contributed by atoms with Crippen LogP contribution in [0.4, 0.5) is 0 Å². The van der Waals surface area contributed by atoms with Gasteiger partial charge in [-0.15, -0.1) is 5.10 Å². The van der Waals surface area contributed by atoms with Crippen LogP contribution in [-0.4, -0.2) is 20.8 Å². The van der Waals surface area contributed by atoms with Crippen LogP contribution in [0, 0.1) is 6.92 Å². The van der Waals surface area contributed by atoms with Gasteiger partial charge in [-0.05, 0) is 36.6 Å². The molecular weight excluding hydrogens is 262 g/mol. The molecular formula is C14H14ClN3O. The lowest BCUT2D eigenvalue weighted by molar-refractivity contribution is 0.0950. The summed E-state index contributed by atoms with van der Waals surface area (Å²) < 4.78 is 1.73. The molecule has 19 heavy (non-hydrogen) atoms. The van der Waals surface area contributed by atoms with Crippen molar-refractivity contribution in [2.24, 2.45) is 0 Å². The lowest BCUT2D eigenvalue weighted by Crippen LogP contribution is -2.18. The molecule has 0 unspecified atom stereocenters. The summed E-state index contributed by atoms with van der Waals surface area (Å²) in [5.74, 6) is 0.151. The Labute approximate surface area is 116 Å². The maximum absolute atomic E-state index is 12.0.